The van der Waals surface area contributed by atoms with Crippen LogP contribution in [-0.2, 0) is 6.54 Å². The van der Waals surface area contributed by atoms with E-state index in [1.165, 1.54) is 16.9 Å². The van der Waals surface area contributed by atoms with E-state index in [9.17, 15) is 9.18 Å². The van der Waals surface area contributed by atoms with E-state index in [0.717, 1.165) is 11.1 Å². The van der Waals surface area contributed by atoms with Crippen molar-refractivity contribution in [3.8, 4) is 11.3 Å². The Morgan fingerprint density at radius 3 is 2.79 bits per heavy atom. The molecule has 2 N–H and O–H groups in total. The lowest BCUT2D eigenvalue weighted by Crippen LogP contribution is -2.12. The molecule has 0 bridgehead atoms. The minimum Gasteiger partial charge on any atom is -0.318 e. The fourth-order valence-corrected chi connectivity index (χ4v) is 3.09. The first-order valence-corrected chi connectivity index (χ1v) is 9.26. The summed E-state index contributed by atoms with van der Waals surface area (Å²) >= 11 is 6.05. The number of amides is 1. The molecule has 8 heteroatoms. The Bertz CT molecular complexity index is 1150. The Kier molecular flexibility index (Phi) is 5.14. The maximum Gasteiger partial charge on any atom is 0.273 e. The van der Waals surface area contributed by atoms with Crippen LogP contribution in [0.1, 0.15) is 21.6 Å². The Hall–Kier alpha value is -3.45. The van der Waals surface area contributed by atoms with Crippen LogP contribution >= 0.6 is 11.6 Å². The first-order chi connectivity index (χ1) is 14.0. The summed E-state index contributed by atoms with van der Waals surface area (Å²) in [6.45, 7) is 2.16. The molecule has 0 aliphatic heterocycles. The van der Waals surface area contributed by atoms with Gasteiger partial charge in [0.1, 0.15) is 11.5 Å². The summed E-state index contributed by atoms with van der Waals surface area (Å²) < 4.78 is 15.4. The second-order valence-electron chi connectivity index (χ2n) is 6.61. The number of anilines is 1. The van der Waals surface area contributed by atoms with Crippen molar-refractivity contribution in [3.05, 3.63) is 88.6 Å². The van der Waals surface area contributed by atoms with Crippen molar-refractivity contribution in [1.29, 1.82) is 0 Å². The minimum absolute atomic E-state index is 0.156. The predicted molar refractivity (Wildman–Crippen MR) is 109 cm³/mol. The number of H-pyrrole nitrogens is 1. The number of hydrogen-bond acceptors (Lipinski definition) is 3. The average molecular weight is 410 g/mol. The number of aromatic nitrogens is 4. The molecule has 4 aromatic rings. The van der Waals surface area contributed by atoms with Gasteiger partial charge in [-0.3, -0.25) is 14.6 Å². The number of carbonyl (C=O) groups is 1. The molecule has 0 aliphatic carbocycles. The van der Waals surface area contributed by atoms with Crippen LogP contribution in [0.5, 0.6) is 0 Å². The van der Waals surface area contributed by atoms with Crippen LogP contribution in [0.25, 0.3) is 11.3 Å². The van der Waals surface area contributed by atoms with Gasteiger partial charge in [0.05, 0.1) is 24.1 Å². The molecule has 2 aromatic carbocycles. The molecule has 0 saturated heterocycles. The van der Waals surface area contributed by atoms with Gasteiger partial charge in [-0.05, 0) is 25.1 Å². The summed E-state index contributed by atoms with van der Waals surface area (Å²) in [5.41, 5.74) is 3.89. The van der Waals surface area contributed by atoms with Crippen molar-refractivity contribution in [2.75, 3.05) is 5.32 Å². The third-order valence-corrected chi connectivity index (χ3v) is 4.80. The van der Waals surface area contributed by atoms with Crippen molar-refractivity contribution < 1.29 is 9.18 Å². The molecule has 0 aliphatic rings. The summed E-state index contributed by atoms with van der Waals surface area (Å²) in [6.07, 6.45) is 3.10. The van der Waals surface area contributed by atoms with E-state index >= 15 is 0 Å². The maximum absolute atomic E-state index is 13.9. The molecule has 2 aromatic heterocycles. The van der Waals surface area contributed by atoms with Gasteiger partial charge in [0, 0.05) is 22.3 Å². The average Bonchev–Trinajstić information content (AvgIpc) is 3.35. The third-order valence-electron chi connectivity index (χ3n) is 4.44. The molecule has 0 spiro atoms. The lowest BCUT2D eigenvalue weighted by atomic mass is 10.1. The van der Waals surface area contributed by atoms with E-state index in [4.69, 9.17) is 11.6 Å². The number of benzene rings is 2. The summed E-state index contributed by atoms with van der Waals surface area (Å²) in [5, 5.41) is 14.2. The van der Waals surface area contributed by atoms with Crippen molar-refractivity contribution in [1.82, 2.24) is 20.0 Å². The summed E-state index contributed by atoms with van der Waals surface area (Å²) in [6, 6.07) is 14.1. The molecule has 0 atom stereocenters. The number of aryl methyl sites for hydroxylation is 1. The van der Waals surface area contributed by atoms with E-state index in [-0.39, 0.29) is 12.5 Å². The normalized spacial score (nSPS) is 10.9. The Morgan fingerprint density at radius 1 is 1.24 bits per heavy atom. The third kappa shape index (κ3) is 4.20. The van der Waals surface area contributed by atoms with Crippen molar-refractivity contribution in [2.24, 2.45) is 0 Å². The van der Waals surface area contributed by atoms with Crippen LogP contribution < -0.4 is 5.32 Å². The van der Waals surface area contributed by atoms with Gasteiger partial charge in [-0.15, -0.1) is 0 Å². The molecule has 4 rings (SSSR count). The molecule has 2 heterocycles. The standard InChI is InChI=1S/C21H17ClFN5O/c1-13-5-7-14(8-6-13)19-9-20(27-26-19)21(29)25-15-10-24-28(11-15)12-16-17(22)3-2-4-18(16)23/h2-11H,12H2,1H3,(H,25,29)(H,26,27). The molecule has 146 valence electrons. The molecule has 29 heavy (non-hydrogen) atoms. The summed E-state index contributed by atoms with van der Waals surface area (Å²) in [4.78, 5) is 12.5. The Morgan fingerprint density at radius 2 is 2.03 bits per heavy atom. The smallest absolute Gasteiger partial charge is 0.273 e. The Balaban J connectivity index is 1.45. The number of nitrogens with zero attached hydrogens (tertiary/aromatic N) is 3. The van der Waals surface area contributed by atoms with Crippen molar-refractivity contribution in [3.63, 3.8) is 0 Å². The zero-order valence-electron chi connectivity index (χ0n) is 15.5. The van der Waals surface area contributed by atoms with E-state index in [1.54, 1.807) is 24.4 Å². The van der Waals surface area contributed by atoms with E-state index < -0.39 is 5.82 Å². The quantitative estimate of drug-likeness (QED) is 0.502. The molecule has 0 unspecified atom stereocenters. The van der Waals surface area contributed by atoms with Crippen molar-refractivity contribution >= 4 is 23.2 Å². The van der Waals surface area contributed by atoms with Crippen LogP contribution in [0.2, 0.25) is 5.02 Å². The van der Waals surface area contributed by atoms with Crippen LogP contribution in [0.3, 0.4) is 0 Å². The highest BCUT2D eigenvalue weighted by atomic mass is 35.5. The topological polar surface area (TPSA) is 75.6 Å². The Labute approximate surface area is 171 Å². The van der Waals surface area contributed by atoms with E-state index in [1.807, 2.05) is 31.2 Å². The summed E-state index contributed by atoms with van der Waals surface area (Å²) in [5.74, 6) is -0.751. The van der Waals surface area contributed by atoms with Gasteiger partial charge < -0.3 is 5.32 Å². The zero-order valence-corrected chi connectivity index (χ0v) is 16.2. The monoisotopic (exact) mass is 409 g/mol. The van der Waals surface area contributed by atoms with Gasteiger partial charge in [-0.25, -0.2) is 4.39 Å². The van der Waals surface area contributed by atoms with Gasteiger partial charge >= 0.3 is 0 Å². The highest BCUT2D eigenvalue weighted by Gasteiger charge is 2.13. The maximum atomic E-state index is 13.9. The zero-order chi connectivity index (χ0) is 20.4. The first kappa shape index (κ1) is 18.9. The number of aromatic amines is 1. The van der Waals surface area contributed by atoms with Gasteiger partial charge in [0.2, 0.25) is 0 Å². The molecule has 0 saturated carbocycles. The lowest BCUT2D eigenvalue weighted by Gasteiger charge is -2.05. The highest BCUT2D eigenvalue weighted by molar-refractivity contribution is 6.31. The number of hydrogen-bond donors (Lipinski definition) is 2. The first-order valence-electron chi connectivity index (χ1n) is 8.89. The van der Waals surface area contributed by atoms with E-state index in [2.05, 4.69) is 20.6 Å². The minimum atomic E-state index is -0.403. The number of carbonyl (C=O) groups excluding carboxylic acids is 1. The van der Waals surface area contributed by atoms with Gasteiger partial charge in [0.15, 0.2) is 0 Å². The van der Waals surface area contributed by atoms with Gasteiger partial charge in [-0.2, -0.15) is 10.2 Å². The van der Waals surface area contributed by atoms with E-state index in [0.29, 0.717) is 27.7 Å². The second-order valence-corrected chi connectivity index (χ2v) is 7.02. The number of nitrogens with one attached hydrogen (secondary N) is 2. The number of halogens is 2. The van der Waals surface area contributed by atoms with Gasteiger partial charge in [0.25, 0.3) is 5.91 Å². The van der Waals surface area contributed by atoms with Crippen molar-refractivity contribution in [2.45, 2.75) is 13.5 Å². The molecule has 1 amide bonds. The van der Waals surface area contributed by atoms with Gasteiger partial charge in [-0.1, -0.05) is 47.5 Å². The largest absolute Gasteiger partial charge is 0.318 e. The SMILES string of the molecule is Cc1ccc(-c2cc(C(=O)Nc3cnn(Cc4c(F)cccc4Cl)c3)[nH]n2)cc1. The molecular formula is C21H17ClFN5O. The molecule has 6 nitrogen and oxygen atoms in total. The molecular weight excluding hydrogens is 393 g/mol. The molecule has 0 radical (unpaired) electrons. The predicted octanol–water partition coefficient (Wildman–Crippen LogP) is 4.67. The van der Waals surface area contributed by atoms with Crippen LogP contribution in [0.15, 0.2) is 60.9 Å². The van der Waals surface area contributed by atoms with Crippen LogP contribution in [0, 0.1) is 12.7 Å². The van der Waals surface area contributed by atoms with Crippen LogP contribution in [-0.4, -0.2) is 25.9 Å². The number of rotatable bonds is 5. The fraction of sp³-hybridized carbons (Fsp3) is 0.0952. The summed E-state index contributed by atoms with van der Waals surface area (Å²) in [7, 11) is 0. The highest BCUT2D eigenvalue weighted by Crippen LogP contribution is 2.21. The lowest BCUT2D eigenvalue weighted by molar-refractivity contribution is 0.102. The second kappa shape index (κ2) is 7.89. The fourth-order valence-electron chi connectivity index (χ4n) is 2.87. The van der Waals surface area contributed by atoms with Crippen LogP contribution in [0.4, 0.5) is 10.1 Å². The molecule has 0 fully saturated rings.